The van der Waals surface area contributed by atoms with Crippen LogP contribution in [0.5, 0.6) is 0 Å². The Morgan fingerprint density at radius 3 is 2.93 bits per heavy atom. The van der Waals surface area contributed by atoms with Crippen molar-refractivity contribution in [3.63, 3.8) is 0 Å². The zero-order chi connectivity index (χ0) is 19.5. The molecule has 0 fully saturated rings. The molecular weight excluding hydrogens is 376 g/mol. The first-order valence-electron chi connectivity index (χ1n) is 8.36. The summed E-state index contributed by atoms with van der Waals surface area (Å²) in [7, 11) is 0. The van der Waals surface area contributed by atoms with E-state index in [0.717, 1.165) is 22.2 Å². The highest BCUT2D eigenvalue weighted by Crippen LogP contribution is 2.30. The molecule has 0 spiro atoms. The Morgan fingerprint density at radius 2 is 2.07 bits per heavy atom. The second kappa shape index (κ2) is 7.45. The fraction of sp³-hybridized carbons (Fsp3) is 0. The smallest absolute Gasteiger partial charge is 0.270 e. The maximum Gasteiger partial charge on any atom is 0.270 e. The third-order valence-electron chi connectivity index (χ3n) is 4.11. The molecule has 0 aliphatic carbocycles. The van der Waals surface area contributed by atoms with Gasteiger partial charge in [0.25, 0.3) is 5.69 Å². The van der Waals surface area contributed by atoms with E-state index in [9.17, 15) is 14.9 Å². The molecule has 4 aromatic rings. The summed E-state index contributed by atoms with van der Waals surface area (Å²) >= 11 is 1.33. The second-order valence-electron chi connectivity index (χ2n) is 5.96. The molecule has 2 aromatic carbocycles. The second-order valence-corrected chi connectivity index (χ2v) is 6.82. The van der Waals surface area contributed by atoms with Gasteiger partial charge in [-0.3, -0.25) is 20.2 Å². The summed E-state index contributed by atoms with van der Waals surface area (Å²) in [5.41, 5.74) is 3.32. The number of nitrogens with one attached hydrogen (secondary N) is 2. The van der Waals surface area contributed by atoms with E-state index in [4.69, 9.17) is 0 Å². The van der Waals surface area contributed by atoms with E-state index < -0.39 is 4.92 Å². The molecule has 0 aliphatic heterocycles. The van der Waals surface area contributed by atoms with Crippen molar-refractivity contribution < 1.29 is 9.72 Å². The molecule has 0 unspecified atom stereocenters. The number of nitrogens with zero attached hydrogens (tertiary/aromatic N) is 2. The first kappa shape index (κ1) is 17.6. The lowest BCUT2D eigenvalue weighted by Gasteiger charge is -1.97. The zero-order valence-electron chi connectivity index (χ0n) is 14.5. The Bertz CT molecular complexity index is 1210. The number of carbonyl (C=O) groups is 1. The molecule has 2 N–H and O–H groups in total. The van der Waals surface area contributed by atoms with Gasteiger partial charge in [0.05, 0.1) is 10.6 Å². The van der Waals surface area contributed by atoms with E-state index in [2.05, 4.69) is 15.3 Å². The molecule has 7 nitrogen and oxygen atoms in total. The molecular formula is C20H14N4O3S. The minimum atomic E-state index is -0.473. The van der Waals surface area contributed by atoms with E-state index in [1.807, 2.05) is 35.8 Å². The number of rotatable bonds is 5. The van der Waals surface area contributed by atoms with Crippen molar-refractivity contribution >= 4 is 45.0 Å². The van der Waals surface area contributed by atoms with Gasteiger partial charge in [-0.05, 0) is 17.7 Å². The maximum atomic E-state index is 12.1. The number of aromatic amines is 1. The molecule has 2 heterocycles. The Hall–Kier alpha value is -3.78. The summed E-state index contributed by atoms with van der Waals surface area (Å²) in [4.78, 5) is 30.2. The van der Waals surface area contributed by atoms with E-state index in [1.54, 1.807) is 12.1 Å². The number of hydrogen-bond donors (Lipinski definition) is 2. The molecule has 0 bridgehead atoms. The molecule has 0 atom stereocenters. The van der Waals surface area contributed by atoms with E-state index in [-0.39, 0.29) is 11.6 Å². The van der Waals surface area contributed by atoms with Crippen LogP contribution in [-0.2, 0) is 4.79 Å². The van der Waals surface area contributed by atoms with Crippen molar-refractivity contribution in [2.75, 3.05) is 5.32 Å². The number of amides is 1. The van der Waals surface area contributed by atoms with Crippen LogP contribution < -0.4 is 5.32 Å². The topological polar surface area (TPSA) is 101 Å². The first-order valence-corrected chi connectivity index (χ1v) is 9.23. The summed E-state index contributed by atoms with van der Waals surface area (Å²) in [5, 5.41) is 17.0. The van der Waals surface area contributed by atoms with Crippen LogP contribution >= 0.6 is 11.3 Å². The van der Waals surface area contributed by atoms with E-state index in [0.29, 0.717) is 10.7 Å². The Morgan fingerprint density at radius 1 is 1.21 bits per heavy atom. The van der Waals surface area contributed by atoms with Crippen LogP contribution in [0.3, 0.4) is 0 Å². The highest BCUT2D eigenvalue weighted by molar-refractivity contribution is 7.14. The Labute approximate surface area is 163 Å². The summed E-state index contributed by atoms with van der Waals surface area (Å²) < 4.78 is 0. The molecule has 138 valence electrons. The highest BCUT2D eigenvalue weighted by Gasteiger charge is 2.11. The van der Waals surface area contributed by atoms with Crippen LogP contribution in [0.4, 0.5) is 10.8 Å². The maximum absolute atomic E-state index is 12.1. The molecule has 2 aromatic heterocycles. The average Bonchev–Trinajstić information content (AvgIpc) is 3.33. The Balaban J connectivity index is 1.47. The number of hydrogen-bond acceptors (Lipinski definition) is 5. The zero-order valence-corrected chi connectivity index (χ0v) is 15.3. The van der Waals surface area contributed by atoms with Crippen molar-refractivity contribution in [1.29, 1.82) is 0 Å². The fourth-order valence-electron chi connectivity index (χ4n) is 2.80. The van der Waals surface area contributed by atoms with Gasteiger partial charge in [-0.25, -0.2) is 4.98 Å². The number of para-hydroxylation sites is 1. The third-order valence-corrected chi connectivity index (χ3v) is 4.87. The number of nitro benzene ring substituents is 1. The lowest BCUT2D eigenvalue weighted by atomic mass is 10.1. The number of aromatic nitrogens is 2. The van der Waals surface area contributed by atoms with Crippen LogP contribution in [-0.4, -0.2) is 20.8 Å². The van der Waals surface area contributed by atoms with Crippen molar-refractivity contribution in [1.82, 2.24) is 9.97 Å². The quantitative estimate of drug-likeness (QED) is 0.289. The van der Waals surface area contributed by atoms with Crippen molar-refractivity contribution in [2.45, 2.75) is 0 Å². The van der Waals surface area contributed by atoms with Crippen molar-refractivity contribution in [3.8, 4) is 11.3 Å². The van der Waals surface area contributed by atoms with Gasteiger partial charge in [0.2, 0.25) is 5.91 Å². The molecule has 28 heavy (non-hydrogen) atoms. The van der Waals surface area contributed by atoms with Crippen LogP contribution in [0.2, 0.25) is 0 Å². The van der Waals surface area contributed by atoms with Gasteiger partial charge in [0.1, 0.15) is 0 Å². The van der Waals surface area contributed by atoms with Gasteiger partial charge >= 0.3 is 0 Å². The number of non-ortho nitro benzene ring substituents is 1. The first-order chi connectivity index (χ1) is 13.6. The Kier molecular flexibility index (Phi) is 4.69. The summed E-state index contributed by atoms with van der Waals surface area (Å²) in [6.07, 6.45) is 4.75. The van der Waals surface area contributed by atoms with Gasteiger partial charge in [0.15, 0.2) is 5.13 Å². The highest BCUT2D eigenvalue weighted by atomic mass is 32.1. The number of nitro groups is 1. The largest absolute Gasteiger partial charge is 0.360 e. The summed E-state index contributed by atoms with van der Waals surface area (Å²) in [5.74, 6) is -0.355. The van der Waals surface area contributed by atoms with Crippen molar-refractivity contribution in [3.05, 3.63) is 81.9 Å². The number of H-pyrrole nitrogens is 1. The van der Waals surface area contributed by atoms with Gasteiger partial charge in [-0.15, -0.1) is 11.3 Å². The molecule has 1 amide bonds. The van der Waals surface area contributed by atoms with Gasteiger partial charge < -0.3 is 4.98 Å². The van der Waals surface area contributed by atoms with E-state index >= 15 is 0 Å². The average molecular weight is 390 g/mol. The number of benzene rings is 2. The molecule has 0 aliphatic rings. The van der Waals surface area contributed by atoms with Crippen LogP contribution in [0, 0.1) is 10.1 Å². The molecule has 0 saturated carbocycles. The predicted molar refractivity (Wildman–Crippen MR) is 110 cm³/mol. The minimum Gasteiger partial charge on any atom is -0.360 e. The lowest BCUT2D eigenvalue weighted by molar-refractivity contribution is -0.384. The monoisotopic (exact) mass is 390 g/mol. The van der Waals surface area contributed by atoms with Gasteiger partial charge in [0, 0.05) is 46.3 Å². The SMILES string of the molecule is O=C(/C=C/c1cccc([N+](=O)[O-])c1)Nc1nc(-c2c[nH]c3ccccc23)cs1. The predicted octanol–water partition coefficient (Wildman–Crippen LogP) is 4.85. The molecule has 4 rings (SSSR count). The lowest BCUT2D eigenvalue weighted by Crippen LogP contribution is -2.07. The number of thiazole rings is 1. The van der Waals surface area contributed by atoms with Crippen LogP contribution in [0.1, 0.15) is 5.56 Å². The number of fused-ring (bicyclic) bond motifs is 1. The molecule has 0 saturated heterocycles. The summed E-state index contributed by atoms with van der Waals surface area (Å²) in [6.45, 7) is 0. The molecule has 0 radical (unpaired) electrons. The number of carbonyl (C=O) groups excluding carboxylic acids is 1. The van der Waals surface area contributed by atoms with Crippen LogP contribution in [0.15, 0.2) is 66.2 Å². The normalized spacial score (nSPS) is 11.1. The minimum absolute atomic E-state index is 0.0224. The number of anilines is 1. The standard InChI is InChI=1S/C20H14N4O3S/c25-19(9-8-13-4-3-5-14(10-13)24(26)27)23-20-22-18(12-28-20)16-11-21-17-7-2-1-6-15(16)17/h1-12,21H,(H,22,23,25)/b9-8+. The summed E-state index contributed by atoms with van der Waals surface area (Å²) in [6, 6.07) is 14.0. The van der Waals surface area contributed by atoms with Crippen molar-refractivity contribution in [2.24, 2.45) is 0 Å². The third kappa shape index (κ3) is 3.67. The van der Waals surface area contributed by atoms with Gasteiger partial charge in [-0.1, -0.05) is 30.3 Å². The van der Waals surface area contributed by atoms with Crippen LogP contribution in [0.25, 0.3) is 28.2 Å². The van der Waals surface area contributed by atoms with E-state index in [1.165, 1.54) is 35.6 Å². The van der Waals surface area contributed by atoms with Gasteiger partial charge in [-0.2, -0.15) is 0 Å². The fourth-order valence-corrected chi connectivity index (χ4v) is 3.51. The molecule has 8 heteroatoms.